The molecule has 1 radical (unpaired) electrons. The Morgan fingerprint density at radius 2 is 1.23 bits per heavy atom. The first-order valence-corrected chi connectivity index (χ1v) is 25.9. The first kappa shape index (κ1) is 48.3. The minimum atomic E-state index is -2.40. The topological polar surface area (TPSA) is 43.9 Å². The number of hydrogen-bond donors (Lipinski definition) is 0. The van der Waals surface area contributed by atoms with Crippen LogP contribution in [0.2, 0.25) is 0 Å². The van der Waals surface area contributed by atoms with Gasteiger partial charge < -0.3 is 14.0 Å². The normalized spacial score (nSPS) is 13.1. The predicted molar refractivity (Wildman–Crippen MR) is 311 cm³/mol. The van der Waals surface area contributed by atoms with E-state index < -0.39 is 6.85 Å². The molecule has 4 nitrogen and oxygen atoms in total. The van der Waals surface area contributed by atoms with Gasteiger partial charge in [0.15, 0.2) is 0 Å². The van der Waals surface area contributed by atoms with Crippen LogP contribution < -0.4 is 0 Å². The zero-order chi connectivity index (χ0) is 54.2. The van der Waals surface area contributed by atoms with Gasteiger partial charge in [-0.1, -0.05) is 181 Å². The number of benzene rings is 8. The van der Waals surface area contributed by atoms with Gasteiger partial charge in [-0.15, -0.1) is 53.6 Å². The summed E-state index contributed by atoms with van der Waals surface area (Å²) in [6.07, 6.45) is 1.87. The summed E-state index contributed by atoms with van der Waals surface area (Å²) in [7, 11) is 0. The van der Waals surface area contributed by atoms with Gasteiger partial charge in [0.1, 0.15) is 5.58 Å². The molecule has 0 bridgehead atoms. The van der Waals surface area contributed by atoms with Crippen molar-refractivity contribution in [2.75, 3.05) is 0 Å². The summed E-state index contributed by atoms with van der Waals surface area (Å²) < 4.78 is 35.2. The third kappa shape index (κ3) is 9.90. The average Bonchev–Trinajstić information content (AvgIpc) is 4.06. The van der Waals surface area contributed by atoms with Crippen molar-refractivity contribution in [3.05, 3.63) is 197 Å². The summed E-state index contributed by atoms with van der Waals surface area (Å²) >= 11 is 0. The van der Waals surface area contributed by atoms with E-state index in [9.17, 15) is 0 Å². The molecule has 11 rings (SSSR count). The third-order valence-corrected chi connectivity index (χ3v) is 14.4. The van der Waals surface area contributed by atoms with E-state index in [0.29, 0.717) is 27.9 Å². The predicted octanol–water partition coefficient (Wildman–Crippen LogP) is 19.4. The van der Waals surface area contributed by atoms with Crippen molar-refractivity contribution in [1.29, 1.82) is 0 Å². The average molecular weight is 1150 g/mol. The van der Waals surface area contributed by atoms with Crippen LogP contribution >= 0.6 is 0 Å². The van der Waals surface area contributed by atoms with Crippen molar-refractivity contribution in [3.8, 4) is 39.5 Å². The second-order valence-electron chi connectivity index (χ2n) is 23.6. The number of para-hydroxylation sites is 2. The summed E-state index contributed by atoms with van der Waals surface area (Å²) in [6.45, 7) is 27.0. The summed E-state index contributed by atoms with van der Waals surface area (Å²) in [6, 6.07) is 57.3. The molecule has 8 aromatic carbocycles. The van der Waals surface area contributed by atoms with Gasteiger partial charge in [0.05, 0.1) is 22.4 Å². The van der Waals surface area contributed by atoms with Crippen LogP contribution in [0.1, 0.15) is 139 Å². The fourth-order valence-electron chi connectivity index (χ4n) is 10.2. The smallest absolute Gasteiger partial charge is 0.121 e. The summed E-state index contributed by atoms with van der Waals surface area (Å²) in [4.78, 5) is 9.75. The molecule has 0 aliphatic heterocycles. The third-order valence-electron chi connectivity index (χ3n) is 14.4. The molecule has 0 amide bonds. The van der Waals surface area contributed by atoms with Gasteiger partial charge >= 0.3 is 0 Å². The van der Waals surface area contributed by atoms with Gasteiger partial charge in [-0.25, -0.2) is 0 Å². The Hall–Kier alpha value is -6.65. The Kier molecular flexibility index (Phi) is 13.0. The quantitative estimate of drug-likeness (QED) is 0.123. The molecule has 0 saturated heterocycles. The standard InChI is InChI=1S/C54H53N2O.C15H16N.Ir/c1-31(2)42-27-37(36-24-38(53(6,7)8)29-39(25-36)54(9,10)11)28-43(32(3)4)50(42)56-47-19-15-14-18-46(47)55-52(56)41-23-20-33(5)49-45-26-35-22-21-34-16-12-13-17-40(34)44(35)30-48(45)57-51(41)49;1-15(2,3)13-9-10-16-14(11-13)12-7-5-4-6-8-12;/h12-22,24-32H,1-11H3;4-7,9-11H,1-3H3;/q2*-1;/i5D3;;. The molecule has 0 fully saturated rings. The van der Waals surface area contributed by atoms with Crippen molar-refractivity contribution >= 4 is 54.5 Å². The SMILES string of the molecule is CC(C)(C)c1ccnc(-c2[c-]cccc2)c1.[2H]C([2H])([2H])c1c[c-]c(-c2nc3ccccc3n2-c2c(C(C)C)cc(-c3cc(C(C)(C)C)cc(C(C)(C)C)c3)cc2C(C)C)c2oc3cc4c(ccc5ccccc54)cc3c12.[Ir]. The fourth-order valence-corrected chi connectivity index (χ4v) is 10.2. The molecular weight excluding hydrogens is 1080 g/mol. The molecule has 0 saturated carbocycles. The van der Waals surface area contributed by atoms with E-state index in [1.54, 1.807) is 6.07 Å². The first-order valence-electron chi connectivity index (χ1n) is 27.4. The molecule has 0 aliphatic rings. The Balaban J connectivity index is 0.000000364. The molecule has 74 heavy (non-hydrogen) atoms. The van der Waals surface area contributed by atoms with Gasteiger partial charge in [-0.2, -0.15) is 0 Å². The molecule has 0 N–H and O–H groups in total. The number of aryl methyl sites for hydroxylation is 1. The number of hydrogen-bond acceptors (Lipinski definition) is 3. The molecule has 3 heterocycles. The first-order chi connectivity index (χ1) is 35.9. The molecule has 5 heteroatoms. The van der Waals surface area contributed by atoms with E-state index in [-0.39, 0.29) is 53.7 Å². The molecular formula is C69H69IrN3O-2. The number of pyridine rings is 1. The maximum Gasteiger partial charge on any atom is 0.121 e. The van der Waals surface area contributed by atoms with Crippen LogP contribution in [0.3, 0.4) is 0 Å². The molecule has 0 unspecified atom stereocenters. The molecule has 11 aromatic rings. The van der Waals surface area contributed by atoms with Gasteiger partial charge in [-0.05, 0) is 137 Å². The molecule has 3 aromatic heterocycles. The Bertz CT molecular complexity index is 3930. The number of nitrogens with zero attached hydrogens (tertiary/aromatic N) is 3. The van der Waals surface area contributed by atoms with Gasteiger partial charge in [0.2, 0.25) is 0 Å². The van der Waals surface area contributed by atoms with Crippen LogP contribution in [0.4, 0.5) is 0 Å². The number of rotatable bonds is 6. The van der Waals surface area contributed by atoms with Crippen molar-refractivity contribution in [1.82, 2.24) is 14.5 Å². The monoisotopic (exact) mass is 1150 g/mol. The van der Waals surface area contributed by atoms with Crippen LogP contribution in [0.25, 0.3) is 94.0 Å². The van der Waals surface area contributed by atoms with Crippen LogP contribution in [-0.4, -0.2) is 14.5 Å². The van der Waals surface area contributed by atoms with Gasteiger partial charge in [0, 0.05) is 41.5 Å². The largest absolute Gasteiger partial charge is 0.501 e. The van der Waals surface area contributed by atoms with E-state index in [2.05, 4.69) is 203 Å². The van der Waals surface area contributed by atoms with Crippen LogP contribution in [0, 0.1) is 19.0 Å². The fraction of sp³-hybridized carbons (Fsp3) is 0.275. The number of furan rings is 1. The van der Waals surface area contributed by atoms with Crippen LogP contribution in [0.5, 0.6) is 0 Å². The van der Waals surface area contributed by atoms with Crippen LogP contribution in [0.15, 0.2) is 156 Å². The molecule has 377 valence electrons. The second-order valence-corrected chi connectivity index (χ2v) is 23.6. The molecule has 0 atom stereocenters. The summed E-state index contributed by atoms with van der Waals surface area (Å²) in [5, 5.41) is 5.67. The van der Waals surface area contributed by atoms with Crippen molar-refractivity contribution in [2.24, 2.45) is 0 Å². The van der Waals surface area contributed by atoms with Crippen molar-refractivity contribution in [3.63, 3.8) is 0 Å². The van der Waals surface area contributed by atoms with E-state index in [1.807, 2.05) is 54.7 Å². The van der Waals surface area contributed by atoms with Gasteiger partial charge in [-0.3, -0.25) is 4.98 Å². The maximum absolute atomic E-state index is 8.67. The van der Waals surface area contributed by atoms with Gasteiger partial charge in [0.25, 0.3) is 0 Å². The zero-order valence-corrected chi connectivity index (χ0v) is 47.6. The van der Waals surface area contributed by atoms with E-state index in [1.165, 1.54) is 38.9 Å². The van der Waals surface area contributed by atoms with E-state index in [4.69, 9.17) is 13.5 Å². The Morgan fingerprint density at radius 1 is 0.595 bits per heavy atom. The summed E-state index contributed by atoms with van der Waals surface area (Å²) in [5.74, 6) is 0.984. The Morgan fingerprint density at radius 3 is 1.88 bits per heavy atom. The van der Waals surface area contributed by atoms with Crippen molar-refractivity contribution in [2.45, 2.75) is 125 Å². The minimum absolute atomic E-state index is 0. The van der Waals surface area contributed by atoms with Crippen LogP contribution in [-0.2, 0) is 36.4 Å². The molecule has 0 aliphatic carbocycles. The zero-order valence-electron chi connectivity index (χ0n) is 48.2. The van der Waals surface area contributed by atoms with E-state index >= 15 is 0 Å². The minimum Gasteiger partial charge on any atom is -0.501 e. The molecule has 0 spiro atoms. The maximum atomic E-state index is 8.67. The summed E-state index contributed by atoms with van der Waals surface area (Å²) in [5.41, 5.74) is 15.8. The second kappa shape index (κ2) is 19.9. The van der Waals surface area contributed by atoms with Crippen molar-refractivity contribution < 1.29 is 28.6 Å². The van der Waals surface area contributed by atoms with E-state index in [0.717, 1.165) is 54.9 Å². The number of imidazole rings is 1. The number of aromatic nitrogens is 3. The Labute approximate surface area is 456 Å². The number of fused-ring (bicyclic) bond motifs is 7.